The van der Waals surface area contributed by atoms with E-state index in [1.807, 2.05) is 36.6 Å². The first-order chi connectivity index (χ1) is 17.9. The predicted molar refractivity (Wildman–Crippen MR) is 144 cm³/mol. The molecule has 2 unspecified atom stereocenters. The molecule has 2 aromatic rings. The average molecular weight is 548 g/mol. The Labute approximate surface area is 227 Å². The van der Waals surface area contributed by atoms with E-state index in [2.05, 4.69) is 0 Å². The molecule has 0 bridgehead atoms. The molecule has 2 atom stereocenters. The summed E-state index contributed by atoms with van der Waals surface area (Å²) in [6.45, 7) is 3.04. The maximum absolute atomic E-state index is 13.6. The molecule has 3 rings (SSSR count). The minimum absolute atomic E-state index is 0.0382. The second-order valence-electron chi connectivity index (χ2n) is 8.96. The number of amides is 3. The van der Waals surface area contributed by atoms with Gasteiger partial charge in [-0.25, -0.2) is 0 Å². The van der Waals surface area contributed by atoms with Crippen LogP contribution in [-0.2, 0) is 36.8 Å². The number of aldehydes is 1. The van der Waals surface area contributed by atoms with Crippen molar-refractivity contribution >= 4 is 46.9 Å². The Morgan fingerprint density at radius 1 is 1.22 bits per heavy atom. The molecule has 0 aliphatic carbocycles. The molecule has 3 amide bonds. The van der Waals surface area contributed by atoms with Crippen LogP contribution in [0.2, 0.25) is 5.02 Å². The summed E-state index contributed by atoms with van der Waals surface area (Å²) in [5.74, 6) is -0.790. The zero-order valence-corrected chi connectivity index (χ0v) is 22.9. The fraction of sp³-hybridized carbons (Fsp3) is 0.481. The van der Waals surface area contributed by atoms with Gasteiger partial charge in [0.2, 0.25) is 17.7 Å². The summed E-state index contributed by atoms with van der Waals surface area (Å²) in [7, 11) is 1.54. The molecule has 1 fully saturated rings. The lowest BCUT2D eigenvalue weighted by atomic mass is 10.0. The van der Waals surface area contributed by atoms with Gasteiger partial charge < -0.3 is 24.2 Å². The van der Waals surface area contributed by atoms with Crippen molar-refractivity contribution in [2.45, 2.75) is 44.7 Å². The van der Waals surface area contributed by atoms with Gasteiger partial charge in [-0.2, -0.15) is 0 Å². The third-order valence-electron chi connectivity index (χ3n) is 6.58. The Morgan fingerprint density at radius 3 is 2.59 bits per heavy atom. The van der Waals surface area contributed by atoms with Crippen molar-refractivity contribution < 1.29 is 23.9 Å². The second kappa shape index (κ2) is 14.3. The topological polar surface area (TPSA) is 87.2 Å². The molecule has 1 aromatic heterocycles. The van der Waals surface area contributed by atoms with Gasteiger partial charge in [0.15, 0.2) is 0 Å². The van der Waals surface area contributed by atoms with Crippen LogP contribution in [-0.4, -0.2) is 90.7 Å². The van der Waals surface area contributed by atoms with Crippen molar-refractivity contribution in [2.75, 3.05) is 39.9 Å². The first-order valence-corrected chi connectivity index (χ1v) is 13.7. The lowest BCUT2D eigenvalue weighted by Crippen LogP contribution is -2.62. The summed E-state index contributed by atoms with van der Waals surface area (Å²) in [6, 6.07) is 9.73. The minimum atomic E-state index is -0.923. The molecule has 0 N–H and O–H groups in total. The molecule has 0 radical (unpaired) electrons. The summed E-state index contributed by atoms with van der Waals surface area (Å²) in [5, 5.41) is 2.59. The van der Waals surface area contributed by atoms with Crippen molar-refractivity contribution in [1.82, 2.24) is 14.7 Å². The van der Waals surface area contributed by atoms with E-state index in [4.69, 9.17) is 16.3 Å². The van der Waals surface area contributed by atoms with Crippen LogP contribution in [0.1, 0.15) is 30.2 Å². The number of benzene rings is 1. The van der Waals surface area contributed by atoms with E-state index in [1.54, 1.807) is 23.5 Å². The van der Waals surface area contributed by atoms with E-state index in [9.17, 15) is 19.2 Å². The Hall–Kier alpha value is -2.75. The Bertz CT molecular complexity index is 1050. The predicted octanol–water partition coefficient (Wildman–Crippen LogP) is 3.07. The van der Waals surface area contributed by atoms with Crippen LogP contribution < -0.4 is 0 Å². The van der Waals surface area contributed by atoms with Crippen LogP contribution in [0, 0.1) is 0 Å². The van der Waals surface area contributed by atoms with E-state index in [0.29, 0.717) is 44.0 Å². The summed E-state index contributed by atoms with van der Waals surface area (Å²) in [6.07, 6.45) is 2.18. The highest BCUT2D eigenvalue weighted by molar-refractivity contribution is 7.09. The summed E-state index contributed by atoms with van der Waals surface area (Å²) < 4.78 is 5.11. The summed E-state index contributed by atoms with van der Waals surface area (Å²) in [5.41, 5.74) is 0.982. The number of rotatable bonds is 14. The molecule has 8 nitrogen and oxygen atoms in total. The molecule has 1 saturated heterocycles. The number of ether oxygens (including phenoxy) is 1. The molecule has 1 aromatic carbocycles. The zero-order chi connectivity index (χ0) is 26.8. The van der Waals surface area contributed by atoms with Gasteiger partial charge in [-0.1, -0.05) is 36.7 Å². The Balaban J connectivity index is 1.79. The maximum atomic E-state index is 13.6. The SMILES string of the molecule is CCC(C=O)N(CCc1ccc(Cl)cc1)C(=O)CC1C(=O)N(CCOC)CC(=O)N1CCc1cccs1. The zero-order valence-electron chi connectivity index (χ0n) is 21.3. The van der Waals surface area contributed by atoms with Gasteiger partial charge in [0.1, 0.15) is 12.3 Å². The molecule has 1 aliphatic heterocycles. The van der Waals surface area contributed by atoms with Crippen molar-refractivity contribution in [3.8, 4) is 0 Å². The van der Waals surface area contributed by atoms with Gasteiger partial charge in [-0.05, 0) is 48.4 Å². The van der Waals surface area contributed by atoms with E-state index in [1.165, 1.54) is 21.8 Å². The standard InChI is InChI=1S/C27H34ClN3O5S/c1-3-22(19-32)30(12-10-20-6-8-21(28)9-7-20)25(33)17-24-27(35)29(14-15-36-2)18-26(34)31(24)13-11-23-5-4-16-37-23/h4-9,16,19,22,24H,3,10-15,17-18H2,1-2H3. The molecule has 200 valence electrons. The molecule has 0 saturated carbocycles. The van der Waals surface area contributed by atoms with Gasteiger partial charge in [-0.3, -0.25) is 14.4 Å². The minimum Gasteiger partial charge on any atom is -0.383 e. The van der Waals surface area contributed by atoms with Crippen LogP contribution in [0.4, 0.5) is 0 Å². The first-order valence-electron chi connectivity index (χ1n) is 12.5. The number of thiophene rings is 1. The van der Waals surface area contributed by atoms with Crippen LogP contribution in [0.5, 0.6) is 0 Å². The van der Waals surface area contributed by atoms with Crippen molar-refractivity contribution in [3.63, 3.8) is 0 Å². The maximum Gasteiger partial charge on any atom is 0.246 e. The van der Waals surface area contributed by atoms with Crippen LogP contribution in [0.25, 0.3) is 0 Å². The monoisotopic (exact) mass is 547 g/mol. The number of methoxy groups -OCH3 is 1. The van der Waals surface area contributed by atoms with Crippen LogP contribution >= 0.6 is 22.9 Å². The molecular weight excluding hydrogens is 514 g/mol. The van der Waals surface area contributed by atoms with E-state index < -0.39 is 12.1 Å². The second-order valence-corrected chi connectivity index (χ2v) is 10.4. The lowest BCUT2D eigenvalue weighted by molar-refractivity contribution is -0.159. The van der Waals surface area contributed by atoms with Gasteiger partial charge in [0.25, 0.3) is 0 Å². The van der Waals surface area contributed by atoms with Crippen molar-refractivity contribution in [1.29, 1.82) is 0 Å². The van der Waals surface area contributed by atoms with Gasteiger partial charge >= 0.3 is 0 Å². The largest absolute Gasteiger partial charge is 0.383 e. The van der Waals surface area contributed by atoms with Crippen LogP contribution in [0.3, 0.4) is 0 Å². The van der Waals surface area contributed by atoms with E-state index in [0.717, 1.165) is 16.7 Å². The fourth-order valence-electron chi connectivity index (χ4n) is 4.45. The third-order valence-corrected chi connectivity index (χ3v) is 7.77. The molecule has 10 heteroatoms. The number of hydrogen-bond donors (Lipinski definition) is 0. The van der Waals surface area contributed by atoms with Gasteiger partial charge in [0, 0.05) is 36.6 Å². The molecule has 0 spiro atoms. The molecule has 2 heterocycles. The van der Waals surface area contributed by atoms with Crippen molar-refractivity contribution in [3.05, 3.63) is 57.2 Å². The number of carbonyl (C=O) groups excluding carboxylic acids is 4. The van der Waals surface area contributed by atoms with E-state index in [-0.39, 0.29) is 37.2 Å². The first kappa shape index (κ1) is 28.8. The van der Waals surface area contributed by atoms with Crippen LogP contribution in [0.15, 0.2) is 41.8 Å². The number of nitrogens with zero attached hydrogens (tertiary/aromatic N) is 3. The molecule has 1 aliphatic rings. The highest BCUT2D eigenvalue weighted by atomic mass is 35.5. The fourth-order valence-corrected chi connectivity index (χ4v) is 5.28. The Kier molecular flexibility index (Phi) is 11.1. The summed E-state index contributed by atoms with van der Waals surface area (Å²) in [4.78, 5) is 57.7. The van der Waals surface area contributed by atoms with Crippen molar-refractivity contribution in [2.24, 2.45) is 0 Å². The smallest absolute Gasteiger partial charge is 0.246 e. The number of carbonyl (C=O) groups is 4. The Morgan fingerprint density at radius 2 is 1.97 bits per heavy atom. The highest BCUT2D eigenvalue weighted by Gasteiger charge is 2.41. The quantitative estimate of drug-likeness (QED) is 0.339. The molecular formula is C27H34ClN3O5S. The third kappa shape index (κ3) is 7.87. The average Bonchev–Trinajstić information content (AvgIpc) is 3.42. The van der Waals surface area contributed by atoms with Gasteiger partial charge in [0.05, 0.1) is 25.6 Å². The normalized spacial score (nSPS) is 16.7. The highest BCUT2D eigenvalue weighted by Crippen LogP contribution is 2.21. The number of halogens is 1. The number of piperazine rings is 1. The lowest BCUT2D eigenvalue weighted by Gasteiger charge is -2.41. The molecule has 37 heavy (non-hydrogen) atoms. The number of hydrogen-bond acceptors (Lipinski definition) is 6. The summed E-state index contributed by atoms with van der Waals surface area (Å²) >= 11 is 7.57. The van der Waals surface area contributed by atoms with E-state index >= 15 is 0 Å². The van der Waals surface area contributed by atoms with Gasteiger partial charge in [-0.15, -0.1) is 11.3 Å².